The van der Waals surface area contributed by atoms with Crippen molar-refractivity contribution in [1.29, 1.82) is 0 Å². The molecule has 0 saturated heterocycles. The minimum absolute atomic E-state index is 0.0710. The average molecular weight is 539 g/mol. The molecular weight excluding hydrogens is 506 g/mol. The van der Waals surface area contributed by atoms with E-state index in [0.29, 0.717) is 10.5 Å². The quantitative estimate of drug-likeness (QED) is 0.405. The van der Waals surface area contributed by atoms with Crippen LogP contribution in [-0.2, 0) is 9.53 Å². The van der Waals surface area contributed by atoms with Gasteiger partial charge in [-0.25, -0.2) is 9.59 Å². The van der Waals surface area contributed by atoms with Gasteiger partial charge < -0.3 is 19.9 Å². The summed E-state index contributed by atoms with van der Waals surface area (Å²) >= 11 is 4.68. The van der Waals surface area contributed by atoms with Crippen LogP contribution in [0, 0.1) is 10.8 Å². The summed E-state index contributed by atoms with van der Waals surface area (Å²) in [6.07, 6.45) is 3.39. The molecule has 1 fully saturated rings. The molecule has 0 aliphatic heterocycles. The average Bonchev–Trinajstić information content (AvgIpc) is 3.02. The summed E-state index contributed by atoms with van der Waals surface area (Å²) in [5, 5.41) is 12.8. The van der Waals surface area contributed by atoms with Crippen molar-refractivity contribution in [2.24, 2.45) is 10.8 Å². The number of hydrogen-bond acceptors (Lipinski definition) is 7. The first-order chi connectivity index (χ1) is 15.4. The highest BCUT2D eigenvalue weighted by Gasteiger charge is 2.38. The van der Waals surface area contributed by atoms with Crippen LogP contribution in [0.4, 0.5) is 5.69 Å². The molecule has 2 N–H and O–H groups in total. The Morgan fingerprint density at radius 2 is 1.88 bits per heavy atom. The Hall–Kier alpha value is -1.90. The molecule has 2 aromatic rings. The Labute approximate surface area is 207 Å². The molecule has 0 atom stereocenters. The number of anilines is 1. The van der Waals surface area contributed by atoms with Gasteiger partial charge in [0.05, 0.1) is 16.0 Å². The number of hydrogen-bond donors (Lipinski definition) is 2. The molecule has 0 spiro atoms. The molecule has 1 aromatic heterocycles. The van der Waals surface area contributed by atoms with Gasteiger partial charge in [0.15, 0.2) is 10.6 Å². The number of aliphatic hydroxyl groups excluding tert-OH is 1. The second-order valence-electron chi connectivity index (χ2n) is 10.1. The Morgan fingerprint density at radius 3 is 2.48 bits per heavy atom. The fourth-order valence-electron chi connectivity index (χ4n) is 5.08. The van der Waals surface area contributed by atoms with Crippen molar-refractivity contribution in [3.63, 3.8) is 0 Å². The highest BCUT2D eigenvalue weighted by Crippen LogP contribution is 2.48. The van der Waals surface area contributed by atoms with Crippen molar-refractivity contribution in [2.75, 3.05) is 18.5 Å². The maximum Gasteiger partial charge on any atom is 0.352 e. The number of halogens is 1. The van der Waals surface area contributed by atoms with Crippen molar-refractivity contribution in [3.05, 3.63) is 33.6 Å². The molecule has 1 heterocycles. The van der Waals surface area contributed by atoms with Crippen molar-refractivity contribution < 1.29 is 24.2 Å². The molecule has 33 heavy (non-hydrogen) atoms. The van der Waals surface area contributed by atoms with Gasteiger partial charge in [0, 0.05) is 11.7 Å². The van der Waals surface area contributed by atoms with Crippen LogP contribution in [0.25, 0.3) is 10.4 Å². The maximum absolute atomic E-state index is 12.5. The van der Waals surface area contributed by atoms with Gasteiger partial charge in [0.25, 0.3) is 0 Å². The second-order valence-corrected chi connectivity index (χ2v) is 11.9. The van der Waals surface area contributed by atoms with Crippen molar-refractivity contribution in [2.45, 2.75) is 59.9 Å². The Morgan fingerprint density at radius 1 is 1.21 bits per heavy atom. The van der Waals surface area contributed by atoms with E-state index in [1.54, 1.807) is 6.92 Å². The van der Waals surface area contributed by atoms with E-state index < -0.39 is 18.5 Å². The number of ether oxygens (including phenoxy) is 2. The van der Waals surface area contributed by atoms with Crippen LogP contribution in [0.5, 0.6) is 5.75 Å². The molecule has 1 aliphatic rings. The number of rotatable bonds is 7. The summed E-state index contributed by atoms with van der Waals surface area (Å²) in [7, 11) is 0. The lowest BCUT2D eigenvalue weighted by atomic mass is 9.63. The largest absolute Gasteiger partial charge is 0.462 e. The van der Waals surface area contributed by atoms with E-state index in [4.69, 9.17) is 14.6 Å². The normalized spacial score (nSPS) is 17.4. The third kappa shape index (κ3) is 6.37. The lowest BCUT2D eigenvalue weighted by Crippen LogP contribution is -2.40. The number of benzene rings is 1. The molecule has 0 radical (unpaired) electrons. The molecule has 0 bridgehead atoms. The SMILES string of the molecule is CCOC(=O)c1sc(-c2cccc(NC3CC(C)(C)CC(C)(C)C3)c2)c(Br)c1OC(=O)CO. The van der Waals surface area contributed by atoms with E-state index in [-0.39, 0.29) is 28.1 Å². The van der Waals surface area contributed by atoms with Crippen LogP contribution < -0.4 is 10.1 Å². The van der Waals surface area contributed by atoms with Crippen molar-refractivity contribution in [3.8, 4) is 16.2 Å². The van der Waals surface area contributed by atoms with Gasteiger partial charge in [-0.05, 0) is 70.6 Å². The molecule has 1 saturated carbocycles. The van der Waals surface area contributed by atoms with Crippen molar-refractivity contribution in [1.82, 2.24) is 0 Å². The topological polar surface area (TPSA) is 84.9 Å². The summed E-state index contributed by atoms with van der Waals surface area (Å²) in [6, 6.07) is 8.35. The minimum Gasteiger partial charge on any atom is -0.462 e. The number of carbonyl (C=O) groups is 2. The number of esters is 2. The lowest BCUT2D eigenvalue weighted by Gasteiger charge is -2.45. The molecule has 180 valence electrons. The Bertz CT molecular complexity index is 1010. The third-order valence-electron chi connectivity index (χ3n) is 5.67. The van der Waals surface area contributed by atoms with E-state index in [1.807, 2.05) is 24.3 Å². The summed E-state index contributed by atoms with van der Waals surface area (Å²) in [6.45, 7) is 10.4. The highest BCUT2D eigenvalue weighted by atomic mass is 79.9. The predicted molar refractivity (Wildman–Crippen MR) is 135 cm³/mol. The summed E-state index contributed by atoms with van der Waals surface area (Å²) in [5.41, 5.74) is 2.42. The van der Waals surface area contributed by atoms with E-state index in [2.05, 4.69) is 48.9 Å². The lowest BCUT2D eigenvalue weighted by molar-refractivity contribution is -0.137. The van der Waals surface area contributed by atoms with E-state index in [1.165, 1.54) is 17.8 Å². The van der Waals surface area contributed by atoms with Gasteiger partial charge >= 0.3 is 11.9 Å². The molecular formula is C25H32BrNO5S. The van der Waals surface area contributed by atoms with E-state index >= 15 is 0 Å². The zero-order valence-corrected chi connectivity index (χ0v) is 22.2. The predicted octanol–water partition coefficient (Wildman–Crippen LogP) is 6.27. The molecule has 6 nitrogen and oxygen atoms in total. The number of aliphatic hydroxyl groups is 1. The van der Waals surface area contributed by atoms with Crippen LogP contribution in [0.3, 0.4) is 0 Å². The fourth-order valence-corrected chi connectivity index (χ4v) is 6.98. The minimum atomic E-state index is -0.844. The standard InChI is InChI=1S/C25H32BrNO5S/c1-6-31-23(30)22-20(32-18(29)13-28)19(26)21(33-22)15-8-7-9-16(10-15)27-17-11-24(2,3)14-25(4,5)12-17/h7-10,17,27-28H,6,11-14H2,1-5H3. The molecule has 0 amide bonds. The maximum atomic E-state index is 12.5. The van der Waals surface area contributed by atoms with E-state index in [9.17, 15) is 9.59 Å². The molecule has 8 heteroatoms. The smallest absolute Gasteiger partial charge is 0.352 e. The molecule has 1 aromatic carbocycles. The fraction of sp³-hybridized carbons (Fsp3) is 0.520. The van der Waals surface area contributed by atoms with E-state index in [0.717, 1.165) is 29.0 Å². The van der Waals surface area contributed by atoms with Gasteiger partial charge in [0.2, 0.25) is 0 Å². The van der Waals surface area contributed by atoms with Gasteiger partial charge in [-0.1, -0.05) is 39.8 Å². The zero-order chi connectivity index (χ0) is 24.4. The summed E-state index contributed by atoms with van der Waals surface area (Å²) in [5.74, 6) is -1.35. The number of carbonyl (C=O) groups excluding carboxylic acids is 2. The molecule has 0 unspecified atom stereocenters. The van der Waals surface area contributed by atoms with Crippen LogP contribution in [0.15, 0.2) is 28.7 Å². The highest BCUT2D eigenvalue weighted by molar-refractivity contribution is 9.10. The zero-order valence-electron chi connectivity index (χ0n) is 19.8. The van der Waals surface area contributed by atoms with Crippen molar-refractivity contribution >= 4 is 44.9 Å². The van der Waals surface area contributed by atoms with Gasteiger partial charge in [-0.15, -0.1) is 11.3 Å². The van der Waals surface area contributed by atoms with Gasteiger partial charge in [0.1, 0.15) is 6.61 Å². The van der Waals surface area contributed by atoms with Crippen LogP contribution in [0.2, 0.25) is 0 Å². The molecule has 1 aliphatic carbocycles. The summed E-state index contributed by atoms with van der Waals surface area (Å²) < 4.78 is 10.9. The first kappa shape index (κ1) is 25.7. The number of nitrogens with one attached hydrogen (secondary N) is 1. The van der Waals surface area contributed by atoms with Gasteiger partial charge in [-0.3, -0.25) is 0 Å². The monoisotopic (exact) mass is 537 g/mol. The Balaban J connectivity index is 1.92. The molecule has 3 rings (SSSR count). The second kappa shape index (κ2) is 10.2. The van der Waals surface area contributed by atoms with Crippen LogP contribution in [-0.4, -0.2) is 36.3 Å². The first-order valence-corrected chi connectivity index (χ1v) is 12.7. The first-order valence-electron chi connectivity index (χ1n) is 11.1. The number of thiophene rings is 1. The summed E-state index contributed by atoms with van der Waals surface area (Å²) in [4.78, 5) is 25.1. The van der Waals surface area contributed by atoms with Crippen LogP contribution >= 0.6 is 27.3 Å². The third-order valence-corrected chi connectivity index (χ3v) is 7.88. The van der Waals surface area contributed by atoms with Crippen LogP contribution in [0.1, 0.15) is 63.6 Å². The van der Waals surface area contributed by atoms with Gasteiger partial charge in [-0.2, -0.15) is 0 Å². The Kier molecular flexibility index (Phi) is 7.91.